The monoisotopic (exact) mass is 327 g/mol. The second kappa shape index (κ2) is 7.20. The highest BCUT2D eigenvalue weighted by Crippen LogP contribution is 2.27. The van der Waals surface area contributed by atoms with Crippen molar-refractivity contribution in [2.75, 3.05) is 0 Å². The minimum absolute atomic E-state index is 0.246. The van der Waals surface area contributed by atoms with Gasteiger partial charge in [0, 0.05) is 17.1 Å². The van der Waals surface area contributed by atoms with Crippen LogP contribution in [0, 0.1) is 5.82 Å². The molecule has 0 saturated heterocycles. The Kier molecular flexibility index (Phi) is 4.83. The van der Waals surface area contributed by atoms with E-state index in [1.54, 1.807) is 23.1 Å². The lowest BCUT2D eigenvalue weighted by molar-refractivity contribution is 0.612. The van der Waals surface area contributed by atoms with Gasteiger partial charge >= 0.3 is 0 Å². The summed E-state index contributed by atoms with van der Waals surface area (Å²) in [7, 11) is 0. The molecule has 5 heteroatoms. The molecule has 0 aliphatic heterocycles. The van der Waals surface area contributed by atoms with Crippen molar-refractivity contribution in [1.82, 2.24) is 14.8 Å². The standard InChI is InChI=1S/C18H15ClFN3/c19-17-7-3-1-5-15(17)11-14(9-10-23-13-21-12-22-23)16-6-2-4-8-18(16)20/h1-8,11-13H,9-10H2/b14-11-. The molecule has 3 nitrogen and oxygen atoms in total. The summed E-state index contributed by atoms with van der Waals surface area (Å²) in [5.41, 5.74) is 2.31. The summed E-state index contributed by atoms with van der Waals surface area (Å²) in [6.07, 6.45) is 5.68. The summed E-state index contributed by atoms with van der Waals surface area (Å²) < 4.78 is 15.9. The predicted molar refractivity (Wildman–Crippen MR) is 90.4 cm³/mol. The normalized spacial score (nSPS) is 11.7. The van der Waals surface area contributed by atoms with Crippen molar-refractivity contribution in [3.63, 3.8) is 0 Å². The van der Waals surface area contributed by atoms with Crippen molar-refractivity contribution >= 4 is 23.3 Å². The number of halogens is 2. The zero-order valence-electron chi connectivity index (χ0n) is 12.4. The van der Waals surface area contributed by atoms with Crippen LogP contribution in [0.4, 0.5) is 4.39 Å². The van der Waals surface area contributed by atoms with Gasteiger partial charge in [0.2, 0.25) is 0 Å². The van der Waals surface area contributed by atoms with E-state index in [-0.39, 0.29) is 5.82 Å². The average Bonchev–Trinajstić information content (AvgIpc) is 3.07. The van der Waals surface area contributed by atoms with Gasteiger partial charge in [0.25, 0.3) is 0 Å². The highest BCUT2D eigenvalue weighted by atomic mass is 35.5. The highest BCUT2D eigenvalue weighted by Gasteiger charge is 2.09. The molecule has 0 fully saturated rings. The minimum Gasteiger partial charge on any atom is -0.253 e. The van der Waals surface area contributed by atoms with Gasteiger partial charge in [0.05, 0.1) is 0 Å². The molecule has 0 spiro atoms. The van der Waals surface area contributed by atoms with Crippen LogP contribution in [0.5, 0.6) is 0 Å². The van der Waals surface area contributed by atoms with Crippen LogP contribution < -0.4 is 0 Å². The van der Waals surface area contributed by atoms with Crippen LogP contribution in [0.15, 0.2) is 61.2 Å². The van der Waals surface area contributed by atoms with E-state index in [1.165, 1.54) is 12.4 Å². The largest absolute Gasteiger partial charge is 0.253 e. The van der Waals surface area contributed by atoms with Crippen LogP contribution in [-0.2, 0) is 6.54 Å². The number of rotatable bonds is 5. The maximum absolute atomic E-state index is 14.2. The van der Waals surface area contributed by atoms with Crippen molar-refractivity contribution in [2.24, 2.45) is 0 Å². The van der Waals surface area contributed by atoms with Gasteiger partial charge in [-0.1, -0.05) is 48.0 Å². The molecule has 1 aromatic heterocycles. The Labute approximate surface area is 139 Å². The molecule has 0 amide bonds. The van der Waals surface area contributed by atoms with Gasteiger partial charge in [-0.2, -0.15) is 5.10 Å². The van der Waals surface area contributed by atoms with Gasteiger partial charge in [-0.3, -0.25) is 4.68 Å². The first kappa shape index (κ1) is 15.4. The summed E-state index contributed by atoms with van der Waals surface area (Å²) in [5, 5.41) is 4.73. The van der Waals surface area contributed by atoms with Crippen LogP contribution in [0.25, 0.3) is 11.6 Å². The Morgan fingerprint density at radius 3 is 2.65 bits per heavy atom. The van der Waals surface area contributed by atoms with Crippen LogP contribution in [0.3, 0.4) is 0 Å². The molecular formula is C18H15ClFN3. The number of allylic oxidation sites excluding steroid dienone is 1. The Balaban J connectivity index is 1.96. The third-order valence-electron chi connectivity index (χ3n) is 3.53. The first-order chi connectivity index (χ1) is 11.2. The van der Waals surface area contributed by atoms with E-state index in [4.69, 9.17) is 11.6 Å². The fraction of sp³-hybridized carbons (Fsp3) is 0.111. The van der Waals surface area contributed by atoms with Crippen LogP contribution in [0.2, 0.25) is 5.02 Å². The maximum atomic E-state index is 14.2. The number of aryl methyl sites for hydroxylation is 1. The van der Waals surface area contributed by atoms with Crippen molar-refractivity contribution in [2.45, 2.75) is 13.0 Å². The maximum Gasteiger partial charge on any atom is 0.137 e. The third-order valence-corrected chi connectivity index (χ3v) is 3.88. The van der Waals surface area contributed by atoms with E-state index < -0.39 is 0 Å². The van der Waals surface area contributed by atoms with Crippen LogP contribution in [-0.4, -0.2) is 14.8 Å². The molecule has 2 aromatic carbocycles. The lowest BCUT2D eigenvalue weighted by atomic mass is 9.99. The van der Waals surface area contributed by atoms with Gasteiger partial charge < -0.3 is 0 Å². The third kappa shape index (κ3) is 3.85. The van der Waals surface area contributed by atoms with Crippen molar-refractivity contribution in [3.8, 4) is 0 Å². The van der Waals surface area contributed by atoms with E-state index in [9.17, 15) is 4.39 Å². The molecule has 0 radical (unpaired) electrons. The zero-order valence-corrected chi connectivity index (χ0v) is 13.1. The first-order valence-corrected chi connectivity index (χ1v) is 7.64. The molecule has 1 heterocycles. The second-order valence-corrected chi connectivity index (χ2v) is 5.49. The van der Waals surface area contributed by atoms with E-state index in [0.29, 0.717) is 23.6 Å². The number of nitrogens with zero attached hydrogens (tertiary/aromatic N) is 3. The molecule has 0 unspecified atom stereocenters. The lowest BCUT2D eigenvalue weighted by Gasteiger charge is -2.10. The smallest absolute Gasteiger partial charge is 0.137 e. The minimum atomic E-state index is -0.246. The summed E-state index contributed by atoms with van der Waals surface area (Å²) in [6, 6.07) is 14.3. The number of benzene rings is 2. The zero-order chi connectivity index (χ0) is 16.1. The fourth-order valence-corrected chi connectivity index (χ4v) is 2.56. The fourth-order valence-electron chi connectivity index (χ4n) is 2.37. The molecule has 3 aromatic rings. The average molecular weight is 328 g/mol. The topological polar surface area (TPSA) is 30.7 Å². The van der Waals surface area contributed by atoms with Gasteiger partial charge in [-0.25, -0.2) is 9.37 Å². The van der Waals surface area contributed by atoms with Crippen molar-refractivity contribution in [1.29, 1.82) is 0 Å². The number of aromatic nitrogens is 3. The second-order valence-electron chi connectivity index (χ2n) is 5.08. The molecule has 23 heavy (non-hydrogen) atoms. The molecule has 0 N–H and O–H groups in total. The summed E-state index contributed by atoms with van der Waals surface area (Å²) >= 11 is 6.23. The quantitative estimate of drug-likeness (QED) is 0.636. The van der Waals surface area contributed by atoms with E-state index >= 15 is 0 Å². The molecular weight excluding hydrogens is 313 g/mol. The summed E-state index contributed by atoms with van der Waals surface area (Å²) in [5.74, 6) is -0.246. The Bertz CT molecular complexity index is 813. The molecule has 0 bridgehead atoms. The Morgan fingerprint density at radius 2 is 1.91 bits per heavy atom. The van der Waals surface area contributed by atoms with Gasteiger partial charge in [0.15, 0.2) is 0 Å². The summed E-state index contributed by atoms with van der Waals surface area (Å²) in [6.45, 7) is 0.616. The number of hydrogen-bond acceptors (Lipinski definition) is 2. The Morgan fingerprint density at radius 1 is 1.13 bits per heavy atom. The molecule has 116 valence electrons. The molecule has 0 saturated carbocycles. The molecule has 0 atom stereocenters. The van der Waals surface area contributed by atoms with E-state index in [0.717, 1.165) is 11.1 Å². The summed E-state index contributed by atoms with van der Waals surface area (Å²) in [4.78, 5) is 3.93. The van der Waals surface area contributed by atoms with Gasteiger partial charge in [-0.05, 0) is 35.8 Å². The molecule has 0 aliphatic rings. The highest BCUT2D eigenvalue weighted by molar-refractivity contribution is 6.32. The SMILES string of the molecule is Fc1ccccc1/C(=C\c1ccccc1Cl)CCn1cncn1. The predicted octanol–water partition coefficient (Wildman–Crippen LogP) is 4.70. The van der Waals surface area contributed by atoms with Crippen LogP contribution >= 0.6 is 11.6 Å². The lowest BCUT2D eigenvalue weighted by Crippen LogP contribution is -2.00. The molecule has 3 rings (SSSR count). The number of hydrogen-bond donors (Lipinski definition) is 0. The Hall–Kier alpha value is -2.46. The van der Waals surface area contributed by atoms with Crippen molar-refractivity contribution in [3.05, 3.63) is 83.2 Å². The van der Waals surface area contributed by atoms with Gasteiger partial charge in [0.1, 0.15) is 18.5 Å². The van der Waals surface area contributed by atoms with Crippen molar-refractivity contribution < 1.29 is 4.39 Å². The van der Waals surface area contributed by atoms with Crippen LogP contribution in [0.1, 0.15) is 17.5 Å². The molecule has 0 aliphatic carbocycles. The first-order valence-electron chi connectivity index (χ1n) is 7.26. The van der Waals surface area contributed by atoms with Gasteiger partial charge in [-0.15, -0.1) is 0 Å². The van der Waals surface area contributed by atoms with E-state index in [1.807, 2.05) is 36.4 Å². The van der Waals surface area contributed by atoms with E-state index in [2.05, 4.69) is 10.1 Å².